The van der Waals surface area contributed by atoms with Gasteiger partial charge in [-0.2, -0.15) is 0 Å². The standard InChI is InChI=1S/C25H29N3O9/c1-8-12-10(7-27-9(2)29)5-6-11(30)14(12)19(31)15-13(8)20(32)17-18(28(3)4)21(33)16(24(26)36)23(35)25(17,37)22(15)34/h5-6,8,13,15-18,20,30,32,37H,7H2,1-4H3,(H2,26,36)(H,27,29)/t8-,13+,15?,16?,17+,18-,20-,25-/m0/s1. The summed E-state index contributed by atoms with van der Waals surface area (Å²) in [4.78, 5) is 78.9. The number of hydrogen-bond donors (Lipinski definition) is 5. The first-order valence-electron chi connectivity index (χ1n) is 11.8. The van der Waals surface area contributed by atoms with E-state index in [-0.39, 0.29) is 18.0 Å². The topological polar surface area (TPSA) is 204 Å². The van der Waals surface area contributed by atoms with Gasteiger partial charge in [0.1, 0.15) is 5.75 Å². The molecule has 2 saturated carbocycles. The number of carbonyl (C=O) groups is 6. The van der Waals surface area contributed by atoms with Crippen LogP contribution in [0.25, 0.3) is 0 Å². The Kier molecular flexibility index (Phi) is 6.34. The Morgan fingerprint density at radius 2 is 1.76 bits per heavy atom. The van der Waals surface area contributed by atoms with E-state index in [4.69, 9.17) is 5.73 Å². The molecule has 0 aliphatic heterocycles. The Hall–Kier alpha value is -3.48. The molecule has 1 aromatic rings. The Bertz CT molecular complexity index is 1260. The second-order valence-corrected chi connectivity index (χ2v) is 10.3. The van der Waals surface area contributed by atoms with Crippen LogP contribution in [0.4, 0.5) is 0 Å². The number of aromatic hydroxyl groups is 1. The quantitative estimate of drug-likeness (QED) is 0.280. The van der Waals surface area contributed by atoms with Gasteiger partial charge in [-0.25, -0.2) is 0 Å². The minimum Gasteiger partial charge on any atom is -0.507 e. The monoisotopic (exact) mass is 515 g/mol. The highest BCUT2D eigenvalue weighted by Gasteiger charge is 2.73. The molecule has 0 bridgehead atoms. The normalized spacial score (nSPS) is 35.1. The van der Waals surface area contributed by atoms with Gasteiger partial charge < -0.3 is 26.4 Å². The van der Waals surface area contributed by atoms with Gasteiger partial charge in [-0.3, -0.25) is 33.7 Å². The fraction of sp³-hybridized carbons (Fsp3) is 0.520. The number of hydrogen-bond acceptors (Lipinski definition) is 10. The number of amides is 2. The van der Waals surface area contributed by atoms with Gasteiger partial charge in [0.25, 0.3) is 0 Å². The summed E-state index contributed by atoms with van der Waals surface area (Å²) in [7, 11) is 2.85. The van der Waals surface area contributed by atoms with Crippen molar-refractivity contribution in [1.82, 2.24) is 10.2 Å². The van der Waals surface area contributed by atoms with Crippen LogP contribution in [-0.2, 0) is 30.5 Å². The maximum atomic E-state index is 13.9. The average Bonchev–Trinajstić information content (AvgIpc) is 2.80. The molecular formula is C25H29N3O9. The lowest BCUT2D eigenvalue weighted by atomic mass is 9.49. The van der Waals surface area contributed by atoms with Crippen molar-refractivity contribution in [1.29, 1.82) is 0 Å². The number of nitrogens with one attached hydrogen (secondary N) is 1. The van der Waals surface area contributed by atoms with Gasteiger partial charge >= 0.3 is 0 Å². The van der Waals surface area contributed by atoms with Crippen LogP contribution in [0.1, 0.15) is 41.3 Å². The molecule has 198 valence electrons. The molecule has 8 atom stereocenters. The zero-order valence-corrected chi connectivity index (χ0v) is 20.7. The first kappa shape index (κ1) is 26.6. The number of nitrogens with two attached hydrogens (primary N) is 1. The van der Waals surface area contributed by atoms with E-state index in [0.717, 1.165) is 0 Å². The van der Waals surface area contributed by atoms with E-state index in [0.29, 0.717) is 11.1 Å². The first-order valence-corrected chi connectivity index (χ1v) is 11.8. The molecule has 0 spiro atoms. The maximum absolute atomic E-state index is 13.9. The summed E-state index contributed by atoms with van der Waals surface area (Å²) in [5.41, 5.74) is 2.81. The fourth-order valence-electron chi connectivity index (χ4n) is 6.53. The number of fused-ring (bicyclic) bond motifs is 3. The number of ketones is 4. The highest BCUT2D eigenvalue weighted by Crippen LogP contribution is 2.54. The summed E-state index contributed by atoms with van der Waals surface area (Å²) >= 11 is 0. The van der Waals surface area contributed by atoms with Crippen LogP contribution in [0.15, 0.2) is 12.1 Å². The Morgan fingerprint density at radius 1 is 1.14 bits per heavy atom. The molecule has 12 heteroatoms. The molecule has 2 fully saturated rings. The molecule has 3 aliphatic rings. The number of benzene rings is 1. The molecule has 1 aromatic carbocycles. The minimum atomic E-state index is -3.04. The predicted molar refractivity (Wildman–Crippen MR) is 125 cm³/mol. The molecule has 6 N–H and O–H groups in total. The molecule has 12 nitrogen and oxygen atoms in total. The van der Waals surface area contributed by atoms with Crippen LogP contribution >= 0.6 is 0 Å². The van der Waals surface area contributed by atoms with Crippen LogP contribution in [0.5, 0.6) is 5.75 Å². The Labute approximate surface area is 211 Å². The van der Waals surface area contributed by atoms with E-state index >= 15 is 0 Å². The summed E-state index contributed by atoms with van der Waals surface area (Å²) in [5.74, 6) is -14.3. The highest BCUT2D eigenvalue weighted by atomic mass is 16.3. The second kappa shape index (κ2) is 8.82. The molecule has 0 aromatic heterocycles. The van der Waals surface area contributed by atoms with Crippen LogP contribution in [-0.4, -0.2) is 87.0 Å². The second-order valence-electron chi connectivity index (χ2n) is 10.3. The van der Waals surface area contributed by atoms with Gasteiger partial charge in [0, 0.05) is 19.4 Å². The summed E-state index contributed by atoms with van der Waals surface area (Å²) in [6.07, 6.45) is -1.72. The van der Waals surface area contributed by atoms with E-state index in [1.54, 1.807) is 6.92 Å². The number of rotatable bonds is 4. The number of primary amides is 1. The van der Waals surface area contributed by atoms with Gasteiger partial charge in [-0.15, -0.1) is 0 Å². The van der Waals surface area contributed by atoms with Crippen molar-refractivity contribution in [2.75, 3.05) is 14.1 Å². The van der Waals surface area contributed by atoms with E-state index in [9.17, 15) is 44.1 Å². The van der Waals surface area contributed by atoms with Gasteiger partial charge in [0.15, 0.2) is 34.7 Å². The van der Waals surface area contributed by atoms with Gasteiger partial charge in [0.05, 0.1) is 29.5 Å². The van der Waals surface area contributed by atoms with Gasteiger partial charge in [0.2, 0.25) is 11.8 Å². The highest BCUT2D eigenvalue weighted by molar-refractivity contribution is 6.32. The summed E-state index contributed by atoms with van der Waals surface area (Å²) in [5, 5.41) is 36.4. The Morgan fingerprint density at radius 3 is 2.30 bits per heavy atom. The smallest absolute Gasteiger partial charge is 0.235 e. The third kappa shape index (κ3) is 3.54. The van der Waals surface area contributed by atoms with E-state index in [2.05, 4.69) is 5.32 Å². The van der Waals surface area contributed by atoms with Crippen molar-refractivity contribution < 1.29 is 44.1 Å². The van der Waals surface area contributed by atoms with Crippen molar-refractivity contribution in [3.8, 4) is 5.75 Å². The number of aliphatic hydroxyl groups is 2. The van der Waals surface area contributed by atoms with Gasteiger partial charge in [-0.1, -0.05) is 13.0 Å². The fourth-order valence-corrected chi connectivity index (χ4v) is 6.53. The zero-order valence-electron chi connectivity index (χ0n) is 20.7. The lowest BCUT2D eigenvalue weighted by Gasteiger charge is -2.56. The predicted octanol–water partition coefficient (Wildman–Crippen LogP) is -1.97. The molecule has 37 heavy (non-hydrogen) atoms. The zero-order chi connectivity index (χ0) is 27.7. The van der Waals surface area contributed by atoms with E-state index in [1.807, 2.05) is 0 Å². The minimum absolute atomic E-state index is 0.00193. The molecule has 3 aliphatic carbocycles. The molecule has 2 unspecified atom stereocenters. The summed E-state index contributed by atoms with van der Waals surface area (Å²) < 4.78 is 0. The first-order chi connectivity index (χ1) is 17.2. The molecule has 4 rings (SSSR count). The summed E-state index contributed by atoms with van der Waals surface area (Å²) in [6, 6.07) is 1.31. The lowest BCUT2D eigenvalue weighted by Crippen LogP contribution is -2.77. The third-order valence-corrected chi connectivity index (χ3v) is 8.09. The van der Waals surface area contributed by atoms with Crippen LogP contribution in [0.2, 0.25) is 0 Å². The number of phenolic OH excluding ortho intramolecular Hbond substituents is 1. The number of nitrogens with zero attached hydrogens (tertiary/aromatic N) is 1. The third-order valence-electron chi connectivity index (χ3n) is 8.09. The lowest BCUT2D eigenvalue weighted by molar-refractivity contribution is -0.196. The van der Waals surface area contributed by atoms with Crippen molar-refractivity contribution in [3.63, 3.8) is 0 Å². The van der Waals surface area contributed by atoms with Crippen molar-refractivity contribution in [2.24, 2.45) is 29.4 Å². The number of aliphatic hydroxyl groups excluding tert-OH is 1. The molecule has 0 radical (unpaired) electrons. The molecular weight excluding hydrogens is 486 g/mol. The molecule has 0 heterocycles. The number of likely N-dealkylation sites (N-methyl/N-ethyl adjacent to an activating group) is 1. The van der Waals surface area contributed by atoms with Crippen LogP contribution in [0, 0.1) is 23.7 Å². The molecule has 0 saturated heterocycles. The van der Waals surface area contributed by atoms with E-state index in [1.165, 1.54) is 38.1 Å². The van der Waals surface area contributed by atoms with E-state index < -0.39 is 82.1 Å². The van der Waals surface area contributed by atoms with Crippen molar-refractivity contribution in [3.05, 3.63) is 28.8 Å². The maximum Gasteiger partial charge on any atom is 0.235 e. The number of Topliss-reactive ketones (excluding diaryl/α,β-unsaturated/α-hetero) is 4. The Balaban J connectivity index is 1.94. The number of phenols is 1. The van der Waals surface area contributed by atoms with Crippen LogP contribution < -0.4 is 11.1 Å². The SMILES string of the molecule is CC(=O)NCc1ccc(O)c2c1[C@H](C)[C@@H]1C(C2=O)C(=O)[C@]2(O)C(=O)C(C(N)=O)C(=O)[C@@H](N(C)C)[C@@H]2[C@H]1O. The average molecular weight is 516 g/mol. The van der Waals surface area contributed by atoms with Crippen LogP contribution in [0.3, 0.4) is 0 Å². The van der Waals surface area contributed by atoms with Gasteiger partial charge in [-0.05, 0) is 37.2 Å². The summed E-state index contributed by atoms with van der Waals surface area (Å²) in [6.45, 7) is 2.92. The van der Waals surface area contributed by atoms with Crippen molar-refractivity contribution >= 4 is 34.9 Å². The number of carbonyl (C=O) groups excluding carboxylic acids is 6. The largest absolute Gasteiger partial charge is 0.507 e. The molecule has 2 amide bonds. The van der Waals surface area contributed by atoms with Crippen molar-refractivity contribution in [2.45, 2.75) is 44.1 Å².